The average molecular weight is 270 g/mol. The number of hydrogen-bond donors (Lipinski definition) is 0. The zero-order valence-corrected chi connectivity index (χ0v) is 9.63. The summed E-state index contributed by atoms with van der Waals surface area (Å²) in [4.78, 5) is 7.56. The molecule has 0 aromatic carbocycles. The molecule has 0 amide bonds. The second-order valence-corrected chi connectivity index (χ2v) is 3.92. The number of ether oxygens (including phenoxy) is 1. The molecule has 1 rings (SSSR count). The lowest BCUT2D eigenvalue weighted by atomic mass is 10.2. The highest BCUT2D eigenvalue weighted by molar-refractivity contribution is 5.13. The van der Waals surface area contributed by atoms with E-state index in [0.29, 0.717) is 5.82 Å². The van der Waals surface area contributed by atoms with E-state index in [4.69, 9.17) is 0 Å². The Morgan fingerprint density at radius 2 is 1.61 bits per heavy atom. The Balaban J connectivity index is 2.64. The summed E-state index contributed by atoms with van der Waals surface area (Å²) < 4.78 is 64.9. The van der Waals surface area contributed by atoms with Crippen LogP contribution >= 0.6 is 0 Å². The first-order valence-electron chi connectivity index (χ1n) is 5.03. The molecule has 0 radical (unpaired) electrons. The lowest BCUT2D eigenvalue weighted by molar-refractivity contribution is -0.290. The molecule has 1 aromatic rings. The van der Waals surface area contributed by atoms with E-state index in [-0.39, 0.29) is 11.7 Å². The van der Waals surface area contributed by atoms with Gasteiger partial charge in [0.1, 0.15) is 5.82 Å². The molecule has 0 N–H and O–H groups in total. The minimum atomic E-state index is -5.63. The number of nitrogens with zero attached hydrogens (tertiary/aromatic N) is 2. The predicted octanol–water partition coefficient (Wildman–Crippen LogP) is 3.18. The lowest BCUT2D eigenvalue weighted by Gasteiger charge is -2.19. The van der Waals surface area contributed by atoms with E-state index in [9.17, 15) is 22.0 Å². The molecule has 0 fully saturated rings. The van der Waals surface area contributed by atoms with Crippen LogP contribution in [-0.2, 0) is 0 Å². The van der Waals surface area contributed by atoms with Crippen LogP contribution in [0.5, 0.6) is 5.75 Å². The van der Waals surface area contributed by atoms with Crippen molar-refractivity contribution in [2.75, 3.05) is 6.61 Å². The summed E-state index contributed by atoms with van der Waals surface area (Å²) in [5, 5.41) is 0. The van der Waals surface area contributed by atoms with Gasteiger partial charge in [-0.2, -0.15) is 22.0 Å². The SMILES string of the molecule is CC(C)c1ncc(OCC(F)(F)C(F)(F)F)cn1. The van der Waals surface area contributed by atoms with Gasteiger partial charge in [-0.1, -0.05) is 13.8 Å². The highest BCUT2D eigenvalue weighted by Crippen LogP contribution is 2.35. The van der Waals surface area contributed by atoms with Crippen molar-refractivity contribution in [1.82, 2.24) is 9.97 Å². The fourth-order valence-electron chi connectivity index (χ4n) is 0.955. The maximum absolute atomic E-state index is 12.5. The predicted molar refractivity (Wildman–Crippen MR) is 52.6 cm³/mol. The third-order valence-corrected chi connectivity index (χ3v) is 2.00. The maximum Gasteiger partial charge on any atom is 0.456 e. The molecular formula is C10H11F5N2O. The van der Waals surface area contributed by atoms with E-state index in [0.717, 1.165) is 12.4 Å². The number of alkyl halides is 5. The number of aromatic nitrogens is 2. The van der Waals surface area contributed by atoms with Crippen molar-refractivity contribution in [3.63, 3.8) is 0 Å². The number of rotatable bonds is 4. The molecule has 0 aliphatic heterocycles. The van der Waals surface area contributed by atoms with E-state index >= 15 is 0 Å². The third-order valence-electron chi connectivity index (χ3n) is 2.00. The summed E-state index contributed by atoms with van der Waals surface area (Å²) in [5.41, 5.74) is 0. The van der Waals surface area contributed by atoms with Crippen LogP contribution in [0.25, 0.3) is 0 Å². The topological polar surface area (TPSA) is 35.0 Å². The molecule has 1 heterocycles. The Morgan fingerprint density at radius 1 is 1.11 bits per heavy atom. The van der Waals surface area contributed by atoms with Gasteiger partial charge in [0.25, 0.3) is 0 Å². The first-order chi connectivity index (χ1) is 8.13. The highest BCUT2D eigenvalue weighted by atomic mass is 19.4. The van der Waals surface area contributed by atoms with Crippen LogP contribution in [-0.4, -0.2) is 28.7 Å². The first-order valence-corrected chi connectivity index (χ1v) is 5.03. The summed E-state index contributed by atoms with van der Waals surface area (Å²) in [7, 11) is 0. The molecule has 0 aliphatic carbocycles. The van der Waals surface area contributed by atoms with Crippen molar-refractivity contribution in [2.24, 2.45) is 0 Å². The first kappa shape index (κ1) is 14.6. The average Bonchev–Trinajstić information content (AvgIpc) is 2.25. The Labute approximate surface area is 100 Å². The molecule has 0 atom stereocenters. The van der Waals surface area contributed by atoms with E-state index in [2.05, 4.69) is 14.7 Å². The van der Waals surface area contributed by atoms with Crippen molar-refractivity contribution < 1.29 is 26.7 Å². The van der Waals surface area contributed by atoms with Crippen LogP contribution in [0, 0.1) is 0 Å². The quantitative estimate of drug-likeness (QED) is 0.788. The van der Waals surface area contributed by atoms with Crippen molar-refractivity contribution >= 4 is 0 Å². The molecule has 0 saturated heterocycles. The zero-order valence-electron chi connectivity index (χ0n) is 9.63. The molecule has 18 heavy (non-hydrogen) atoms. The molecular weight excluding hydrogens is 259 g/mol. The summed E-state index contributed by atoms with van der Waals surface area (Å²) in [5.74, 6) is -4.66. The molecule has 0 unspecified atom stereocenters. The van der Waals surface area contributed by atoms with Crippen molar-refractivity contribution in [3.05, 3.63) is 18.2 Å². The summed E-state index contributed by atoms with van der Waals surface area (Å²) in [6.07, 6.45) is -3.50. The Bertz CT molecular complexity index is 388. The van der Waals surface area contributed by atoms with Gasteiger partial charge in [-0.05, 0) is 0 Å². The molecule has 0 saturated carbocycles. The maximum atomic E-state index is 12.5. The van der Waals surface area contributed by atoms with Gasteiger partial charge in [0, 0.05) is 5.92 Å². The van der Waals surface area contributed by atoms with Crippen LogP contribution < -0.4 is 4.74 Å². The standard InChI is InChI=1S/C10H11F5N2O/c1-6(2)8-16-3-7(4-17-8)18-5-9(11,12)10(13,14)15/h3-4,6H,5H2,1-2H3. The largest absolute Gasteiger partial charge is 0.484 e. The Kier molecular flexibility index (Phi) is 4.08. The minimum absolute atomic E-state index is 0.0238. The van der Waals surface area contributed by atoms with Gasteiger partial charge < -0.3 is 4.74 Å². The second-order valence-electron chi connectivity index (χ2n) is 3.92. The lowest BCUT2D eigenvalue weighted by Crippen LogP contribution is -2.41. The van der Waals surface area contributed by atoms with Crippen LogP contribution in [0.15, 0.2) is 12.4 Å². The normalized spacial score (nSPS) is 12.9. The van der Waals surface area contributed by atoms with Gasteiger partial charge in [0.05, 0.1) is 12.4 Å². The summed E-state index contributed by atoms with van der Waals surface area (Å²) in [6, 6.07) is 0. The fraction of sp³-hybridized carbons (Fsp3) is 0.600. The molecule has 1 aromatic heterocycles. The van der Waals surface area contributed by atoms with Crippen molar-refractivity contribution in [3.8, 4) is 5.75 Å². The Hall–Kier alpha value is -1.47. The van der Waals surface area contributed by atoms with Crippen LogP contribution in [0.4, 0.5) is 22.0 Å². The van der Waals surface area contributed by atoms with Gasteiger partial charge in [-0.3, -0.25) is 0 Å². The molecule has 3 nitrogen and oxygen atoms in total. The Morgan fingerprint density at radius 3 is 2.00 bits per heavy atom. The number of hydrogen-bond acceptors (Lipinski definition) is 3. The molecule has 0 spiro atoms. The third kappa shape index (κ3) is 3.51. The van der Waals surface area contributed by atoms with E-state index < -0.39 is 18.7 Å². The monoisotopic (exact) mass is 270 g/mol. The van der Waals surface area contributed by atoms with Gasteiger partial charge in [-0.15, -0.1) is 0 Å². The minimum Gasteiger partial charge on any atom is -0.484 e. The van der Waals surface area contributed by atoms with Crippen LogP contribution in [0.3, 0.4) is 0 Å². The molecule has 8 heteroatoms. The second kappa shape index (κ2) is 5.03. The van der Waals surface area contributed by atoms with E-state index in [1.807, 2.05) is 13.8 Å². The van der Waals surface area contributed by atoms with Gasteiger partial charge in [0.15, 0.2) is 12.4 Å². The van der Waals surface area contributed by atoms with Gasteiger partial charge >= 0.3 is 12.1 Å². The molecule has 102 valence electrons. The highest BCUT2D eigenvalue weighted by Gasteiger charge is 2.58. The summed E-state index contributed by atoms with van der Waals surface area (Å²) >= 11 is 0. The van der Waals surface area contributed by atoms with Crippen molar-refractivity contribution in [1.29, 1.82) is 0 Å². The van der Waals surface area contributed by atoms with Gasteiger partial charge in [0.2, 0.25) is 0 Å². The van der Waals surface area contributed by atoms with Gasteiger partial charge in [-0.25, -0.2) is 9.97 Å². The fourth-order valence-corrected chi connectivity index (χ4v) is 0.955. The van der Waals surface area contributed by atoms with Crippen LogP contribution in [0.1, 0.15) is 25.6 Å². The zero-order chi connectivity index (χ0) is 14.0. The number of halogens is 5. The van der Waals surface area contributed by atoms with Crippen molar-refractivity contribution in [2.45, 2.75) is 31.9 Å². The molecule has 0 aliphatic rings. The summed E-state index contributed by atoms with van der Waals surface area (Å²) in [6.45, 7) is 1.84. The smallest absolute Gasteiger partial charge is 0.456 e. The van der Waals surface area contributed by atoms with E-state index in [1.165, 1.54) is 0 Å². The van der Waals surface area contributed by atoms with Crippen LogP contribution in [0.2, 0.25) is 0 Å². The molecule has 0 bridgehead atoms. The van der Waals surface area contributed by atoms with E-state index in [1.54, 1.807) is 0 Å².